The Hall–Kier alpha value is -1.09. The molecule has 2 nitrogen and oxygen atoms in total. The number of nitrogens with zero attached hydrogens (tertiary/aromatic N) is 1. The van der Waals surface area contributed by atoms with Crippen LogP contribution in [0, 0.1) is 5.82 Å². The average molecular weight is 195 g/mol. The molecular weight excluding hydrogens is 181 g/mol. The van der Waals surface area contributed by atoms with Gasteiger partial charge in [0, 0.05) is 12.1 Å². The fourth-order valence-corrected chi connectivity index (χ4v) is 1.58. The van der Waals surface area contributed by atoms with E-state index in [4.69, 9.17) is 4.74 Å². The van der Waals surface area contributed by atoms with E-state index >= 15 is 0 Å². The van der Waals surface area contributed by atoms with E-state index in [1.165, 1.54) is 12.5 Å². The summed E-state index contributed by atoms with van der Waals surface area (Å²) in [6, 6.07) is 4.89. The highest BCUT2D eigenvalue weighted by Gasteiger charge is 2.15. The van der Waals surface area contributed by atoms with E-state index in [0.717, 1.165) is 24.4 Å². The van der Waals surface area contributed by atoms with Gasteiger partial charge in [0.25, 0.3) is 0 Å². The molecule has 1 aromatic rings. The van der Waals surface area contributed by atoms with Crippen molar-refractivity contribution in [2.75, 3.05) is 20.2 Å². The molecule has 0 bridgehead atoms. The monoisotopic (exact) mass is 195 g/mol. The fourth-order valence-electron chi connectivity index (χ4n) is 1.58. The van der Waals surface area contributed by atoms with Crippen molar-refractivity contribution in [1.29, 1.82) is 0 Å². The second-order valence-electron chi connectivity index (χ2n) is 3.59. The topological polar surface area (TPSA) is 12.5 Å². The second kappa shape index (κ2) is 3.96. The SMILES string of the molecule is COc1ccc(F)c(CN2CCC2)c1. The number of rotatable bonds is 3. The van der Waals surface area contributed by atoms with Crippen molar-refractivity contribution in [2.24, 2.45) is 0 Å². The molecule has 1 aliphatic heterocycles. The van der Waals surface area contributed by atoms with Crippen LogP contribution in [-0.2, 0) is 6.54 Å². The van der Waals surface area contributed by atoms with Gasteiger partial charge in [0.15, 0.2) is 0 Å². The first-order valence-corrected chi connectivity index (χ1v) is 4.84. The zero-order valence-electron chi connectivity index (χ0n) is 8.29. The number of likely N-dealkylation sites (tertiary alicyclic amines) is 1. The first kappa shape index (κ1) is 9.46. The molecule has 76 valence electrons. The maximum atomic E-state index is 13.3. The molecule has 1 aliphatic rings. The van der Waals surface area contributed by atoms with Crippen LogP contribution in [0.25, 0.3) is 0 Å². The maximum Gasteiger partial charge on any atom is 0.127 e. The van der Waals surface area contributed by atoms with E-state index in [1.54, 1.807) is 19.2 Å². The third-order valence-electron chi connectivity index (χ3n) is 2.60. The standard InChI is InChI=1S/C11H14FNO/c1-14-10-3-4-11(12)9(7-10)8-13-5-2-6-13/h3-4,7H,2,5-6,8H2,1H3. The van der Waals surface area contributed by atoms with E-state index < -0.39 is 0 Å². The first-order valence-electron chi connectivity index (χ1n) is 4.84. The molecule has 3 heteroatoms. The Morgan fingerprint density at radius 2 is 2.21 bits per heavy atom. The Morgan fingerprint density at radius 3 is 2.79 bits per heavy atom. The third-order valence-corrected chi connectivity index (χ3v) is 2.60. The van der Waals surface area contributed by atoms with Crippen LogP contribution < -0.4 is 4.74 Å². The Bertz CT molecular complexity index is 323. The lowest BCUT2D eigenvalue weighted by Crippen LogP contribution is -2.36. The largest absolute Gasteiger partial charge is 0.497 e. The Labute approximate surface area is 83.3 Å². The Balaban J connectivity index is 2.13. The molecule has 0 radical (unpaired) electrons. The molecule has 0 unspecified atom stereocenters. The van der Waals surface area contributed by atoms with Crippen LogP contribution >= 0.6 is 0 Å². The van der Waals surface area contributed by atoms with Crippen LogP contribution in [0.4, 0.5) is 4.39 Å². The van der Waals surface area contributed by atoms with Crippen LogP contribution in [-0.4, -0.2) is 25.1 Å². The minimum atomic E-state index is -0.141. The molecule has 0 N–H and O–H groups in total. The number of methoxy groups -OCH3 is 1. The predicted octanol–water partition coefficient (Wildman–Crippen LogP) is 2.04. The molecule has 1 heterocycles. The molecule has 1 fully saturated rings. The molecule has 0 amide bonds. The van der Waals surface area contributed by atoms with E-state index in [2.05, 4.69) is 4.90 Å². The number of ether oxygens (including phenoxy) is 1. The van der Waals surface area contributed by atoms with Crippen LogP contribution in [0.15, 0.2) is 18.2 Å². The molecule has 2 rings (SSSR count). The summed E-state index contributed by atoms with van der Waals surface area (Å²) in [7, 11) is 1.60. The van der Waals surface area contributed by atoms with Crippen molar-refractivity contribution in [3.8, 4) is 5.75 Å². The minimum absolute atomic E-state index is 0.141. The summed E-state index contributed by atoms with van der Waals surface area (Å²) < 4.78 is 18.4. The number of hydrogen-bond acceptors (Lipinski definition) is 2. The third kappa shape index (κ3) is 1.87. The van der Waals surface area contributed by atoms with Gasteiger partial charge < -0.3 is 4.74 Å². The Kier molecular flexibility index (Phi) is 2.68. The normalized spacial score (nSPS) is 16.4. The smallest absolute Gasteiger partial charge is 0.127 e. The average Bonchev–Trinajstić information content (AvgIpc) is 2.14. The van der Waals surface area contributed by atoms with Gasteiger partial charge in [-0.2, -0.15) is 0 Å². The van der Waals surface area contributed by atoms with Gasteiger partial charge in [0.1, 0.15) is 11.6 Å². The summed E-state index contributed by atoms with van der Waals surface area (Å²) in [5.74, 6) is 0.583. The van der Waals surface area contributed by atoms with Crippen molar-refractivity contribution in [3.05, 3.63) is 29.6 Å². The molecule has 0 atom stereocenters. The van der Waals surface area contributed by atoms with Gasteiger partial charge in [-0.3, -0.25) is 4.90 Å². The van der Waals surface area contributed by atoms with Gasteiger partial charge in [-0.05, 0) is 37.7 Å². The molecule has 1 aromatic carbocycles. The van der Waals surface area contributed by atoms with Gasteiger partial charge in [-0.25, -0.2) is 4.39 Å². The summed E-state index contributed by atoms with van der Waals surface area (Å²) in [5, 5.41) is 0. The van der Waals surface area contributed by atoms with Crippen molar-refractivity contribution in [2.45, 2.75) is 13.0 Å². The van der Waals surface area contributed by atoms with E-state index in [1.807, 2.05) is 0 Å². The lowest BCUT2D eigenvalue weighted by atomic mass is 10.1. The zero-order chi connectivity index (χ0) is 9.97. The van der Waals surface area contributed by atoms with Gasteiger partial charge in [0.2, 0.25) is 0 Å². The second-order valence-corrected chi connectivity index (χ2v) is 3.59. The van der Waals surface area contributed by atoms with Crippen LogP contribution in [0.3, 0.4) is 0 Å². The fraction of sp³-hybridized carbons (Fsp3) is 0.455. The summed E-state index contributed by atoms with van der Waals surface area (Å²) in [4.78, 5) is 2.22. The summed E-state index contributed by atoms with van der Waals surface area (Å²) in [5.41, 5.74) is 0.726. The van der Waals surface area contributed by atoms with Crippen molar-refractivity contribution in [1.82, 2.24) is 4.90 Å². The number of halogens is 1. The van der Waals surface area contributed by atoms with Crippen molar-refractivity contribution in [3.63, 3.8) is 0 Å². The summed E-state index contributed by atoms with van der Waals surface area (Å²) >= 11 is 0. The van der Waals surface area contributed by atoms with E-state index in [0.29, 0.717) is 6.54 Å². The number of hydrogen-bond donors (Lipinski definition) is 0. The van der Waals surface area contributed by atoms with Crippen LogP contribution in [0.1, 0.15) is 12.0 Å². The van der Waals surface area contributed by atoms with Gasteiger partial charge in [-0.1, -0.05) is 0 Å². The zero-order valence-corrected chi connectivity index (χ0v) is 8.29. The van der Waals surface area contributed by atoms with Gasteiger partial charge in [-0.15, -0.1) is 0 Å². The van der Waals surface area contributed by atoms with E-state index in [-0.39, 0.29) is 5.82 Å². The highest BCUT2D eigenvalue weighted by atomic mass is 19.1. The van der Waals surface area contributed by atoms with Gasteiger partial charge in [0.05, 0.1) is 7.11 Å². The molecular formula is C11H14FNO. The van der Waals surface area contributed by atoms with Crippen molar-refractivity contribution >= 4 is 0 Å². The molecule has 1 saturated heterocycles. The highest BCUT2D eigenvalue weighted by molar-refractivity contribution is 5.29. The quantitative estimate of drug-likeness (QED) is 0.731. The molecule has 0 aromatic heterocycles. The molecule has 0 saturated carbocycles. The number of benzene rings is 1. The first-order chi connectivity index (χ1) is 6.79. The minimum Gasteiger partial charge on any atom is -0.497 e. The van der Waals surface area contributed by atoms with Crippen molar-refractivity contribution < 1.29 is 9.13 Å². The van der Waals surface area contributed by atoms with Gasteiger partial charge >= 0.3 is 0 Å². The van der Waals surface area contributed by atoms with E-state index in [9.17, 15) is 4.39 Å². The molecule has 0 spiro atoms. The maximum absolute atomic E-state index is 13.3. The summed E-state index contributed by atoms with van der Waals surface area (Å²) in [6.07, 6.45) is 1.23. The molecule has 0 aliphatic carbocycles. The lowest BCUT2D eigenvalue weighted by molar-refractivity contribution is 0.170. The lowest BCUT2D eigenvalue weighted by Gasteiger charge is -2.30. The van der Waals surface area contributed by atoms with Crippen LogP contribution in [0.2, 0.25) is 0 Å². The predicted molar refractivity (Wildman–Crippen MR) is 52.8 cm³/mol. The summed E-state index contributed by atoms with van der Waals surface area (Å²) in [6.45, 7) is 2.86. The molecule has 14 heavy (non-hydrogen) atoms. The highest BCUT2D eigenvalue weighted by Crippen LogP contribution is 2.20. The van der Waals surface area contributed by atoms with Crippen LogP contribution in [0.5, 0.6) is 5.75 Å². The Morgan fingerprint density at radius 1 is 1.43 bits per heavy atom.